The summed E-state index contributed by atoms with van der Waals surface area (Å²) in [6.45, 7) is 4.33. The molecule has 0 aliphatic carbocycles. The number of rotatable bonds is 7. The number of nitrogens with zero attached hydrogens (tertiary/aromatic N) is 2. The van der Waals surface area contributed by atoms with Crippen LogP contribution in [0.15, 0.2) is 54.9 Å². The molecule has 3 aromatic rings. The van der Waals surface area contributed by atoms with Crippen LogP contribution in [-0.2, 0) is 13.7 Å². The zero-order chi connectivity index (χ0) is 20.1. The summed E-state index contributed by atoms with van der Waals surface area (Å²) in [6.07, 6.45) is 3.60. The van der Waals surface area contributed by atoms with Crippen molar-refractivity contribution in [3.8, 4) is 11.5 Å². The average molecular weight is 379 g/mol. The van der Waals surface area contributed by atoms with Gasteiger partial charge in [0, 0.05) is 30.6 Å². The number of hydrogen-bond donors (Lipinski definition) is 1. The Morgan fingerprint density at radius 3 is 2.61 bits per heavy atom. The average Bonchev–Trinajstić information content (AvgIpc) is 3.11. The number of amides is 1. The largest absolute Gasteiger partial charge is 0.496 e. The van der Waals surface area contributed by atoms with Crippen LogP contribution < -0.4 is 14.8 Å². The van der Waals surface area contributed by atoms with Crippen LogP contribution in [0.1, 0.15) is 40.3 Å². The molecule has 0 aliphatic rings. The maximum Gasteiger partial charge on any atom is 0.251 e. The third kappa shape index (κ3) is 4.52. The van der Waals surface area contributed by atoms with Gasteiger partial charge in [0.05, 0.1) is 13.2 Å². The number of hydrogen-bond acceptors (Lipinski definition) is 4. The van der Waals surface area contributed by atoms with Crippen LogP contribution in [-0.4, -0.2) is 22.6 Å². The highest BCUT2D eigenvalue weighted by atomic mass is 16.5. The van der Waals surface area contributed by atoms with Crippen LogP contribution in [0.4, 0.5) is 0 Å². The summed E-state index contributed by atoms with van der Waals surface area (Å²) in [5.41, 5.74) is 2.64. The molecule has 1 amide bonds. The van der Waals surface area contributed by atoms with Crippen molar-refractivity contribution >= 4 is 5.91 Å². The number of ether oxygens (including phenoxy) is 2. The summed E-state index contributed by atoms with van der Waals surface area (Å²) >= 11 is 0. The van der Waals surface area contributed by atoms with Gasteiger partial charge in [0.1, 0.15) is 23.9 Å². The van der Waals surface area contributed by atoms with Crippen LogP contribution >= 0.6 is 0 Å². The van der Waals surface area contributed by atoms with Crippen molar-refractivity contribution in [2.24, 2.45) is 7.05 Å². The van der Waals surface area contributed by atoms with Gasteiger partial charge in [0.25, 0.3) is 5.91 Å². The molecule has 3 rings (SSSR count). The standard InChI is InChI=1S/C22H25N3O3/c1-15-5-10-20(27-4)19(13-15)16(2)24-22(26)17-6-8-18(9-7-17)28-14-21-23-11-12-25(21)3/h5-13,16H,14H2,1-4H3,(H,24,26)/t16-/m1/s1. The normalized spacial score (nSPS) is 11.7. The smallest absolute Gasteiger partial charge is 0.251 e. The molecule has 2 aromatic carbocycles. The molecule has 0 aliphatic heterocycles. The van der Waals surface area contributed by atoms with E-state index in [1.54, 1.807) is 37.6 Å². The van der Waals surface area contributed by atoms with Crippen LogP contribution in [0, 0.1) is 6.92 Å². The SMILES string of the molecule is COc1ccc(C)cc1[C@@H](C)NC(=O)c1ccc(OCc2nccn2C)cc1. The van der Waals surface area contributed by atoms with E-state index < -0.39 is 0 Å². The minimum Gasteiger partial charge on any atom is -0.496 e. The fraction of sp³-hybridized carbons (Fsp3) is 0.273. The molecule has 0 saturated heterocycles. The first-order valence-corrected chi connectivity index (χ1v) is 9.12. The maximum absolute atomic E-state index is 12.6. The first-order chi connectivity index (χ1) is 13.5. The van der Waals surface area contributed by atoms with Crippen LogP contribution in [0.25, 0.3) is 0 Å². The van der Waals surface area contributed by atoms with E-state index in [2.05, 4.69) is 10.3 Å². The van der Waals surface area contributed by atoms with Gasteiger partial charge in [0.15, 0.2) is 0 Å². The van der Waals surface area contributed by atoms with Crippen molar-refractivity contribution < 1.29 is 14.3 Å². The van der Waals surface area contributed by atoms with Crippen molar-refractivity contribution in [2.75, 3.05) is 7.11 Å². The highest BCUT2D eigenvalue weighted by molar-refractivity contribution is 5.94. The number of carbonyl (C=O) groups excluding carboxylic acids is 1. The third-order valence-electron chi connectivity index (χ3n) is 4.60. The highest BCUT2D eigenvalue weighted by Gasteiger charge is 2.15. The molecule has 1 N–H and O–H groups in total. The monoisotopic (exact) mass is 379 g/mol. The topological polar surface area (TPSA) is 65.4 Å². The number of benzene rings is 2. The maximum atomic E-state index is 12.6. The molecule has 6 heteroatoms. The Morgan fingerprint density at radius 2 is 1.96 bits per heavy atom. The molecule has 1 heterocycles. The molecule has 0 radical (unpaired) electrons. The van der Waals surface area contributed by atoms with E-state index in [4.69, 9.17) is 9.47 Å². The molecule has 0 unspecified atom stereocenters. The van der Waals surface area contributed by atoms with E-state index >= 15 is 0 Å². The number of aromatic nitrogens is 2. The van der Waals surface area contributed by atoms with Crippen LogP contribution in [0.2, 0.25) is 0 Å². The highest BCUT2D eigenvalue weighted by Crippen LogP contribution is 2.26. The number of aryl methyl sites for hydroxylation is 2. The second kappa shape index (κ2) is 8.61. The summed E-state index contributed by atoms with van der Waals surface area (Å²) in [6, 6.07) is 12.8. The van der Waals surface area contributed by atoms with Crippen molar-refractivity contribution in [1.29, 1.82) is 0 Å². The van der Waals surface area contributed by atoms with Gasteiger partial charge in [-0.1, -0.05) is 17.7 Å². The quantitative estimate of drug-likeness (QED) is 0.678. The lowest BCUT2D eigenvalue weighted by atomic mass is 10.0. The zero-order valence-corrected chi connectivity index (χ0v) is 16.6. The molecule has 146 valence electrons. The molecule has 1 aromatic heterocycles. The Kier molecular flexibility index (Phi) is 5.99. The number of methoxy groups -OCH3 is 1. The van der Waals surface area contributed by atoms with Crippen LogP contribution in [0.3, 0.4) is 0 Å². The third-order valence-corrected chi connectivity index (χ3v) is 4.60. The van der Waals surface area contributed by atoms with E-state index in [0.29, 0.717) is 17.9 Å². The number of carbonyl (C=O) groups is 1. The lowest BCUT2D eigenvalue weighted by Gasteiger charge is -2.18. The van der Waals surface area contributed by atoms with E-state index in [-0.39, 0.29) is 11.9 Å². The Bertz CT molecular complexity index is 948. The summed E-state index contributed by atoms with van der Waals surface area (Å²) in [4.78, 5) is 16.8. The fourth-order valence-electron chi connectivity index (χ4n) is 2.94. The second-order valence-corrected chi connectivity index (χ2v) is 6.71. The van der Waals surface area contributed by atoms with Gasteiger partial charge in [-0.25, -0.2) is 4.98 Å². The minimum absolute atomic E-state index is 0.147. The van der Waals surface area contributed by atoms with Gasteiger partial charge in [-0.3, -0.25) is 4.79 Å². The van der Waals surface area contributed by atoms with Gasteiger partial charge in [0.2, 0.25) is 0 Å². The van der Waals surface area contributed by atoms with Crippen molar-refractivity contribution in [2.45, 2.75) is 26.5 Å². The summed E-state index contributed by atoms with van der Waals surface area (Å²) < 4.78 is 13.0. The Hall–Kier alpha value is -3.28. The molecular weight excluding hydrogens is 354 g/mol. The van der Waals surface area contributed by atoms with Gasteiger partial charge in [-0.2, -0.15) is 0 Å². The number of imidazole rings is 1. The van der Waals surface area contributed by atoms with Gasteiger partial charge < -0.3 is 19.4 Å². The summed E-state index contributed by atoms with van der Waals surface area (Å²) in [5.74, 6) is 2.14. The molecule has 1 atom stereocenters. The van der Waals surface area contributed by atoms with Gasteiger partial charge in [-0.05, 0) is 44.2 Å². The van der Waals surface area contributed by atoms with Crippen molar-refractivity contribution in [1.82, 2.24) is 14.9 Å². The molecule has 0 bridgehead atoms. The molecule has 6 nitrogen and oxygen atoms in total. The van der Waals surface area contributed by atoms with E-state index in [9.17, 15) is 4.79 Å². The summed E-state index contributed by atoms with van der Waals surface area (Å²) in [5, 5.41) is 3.02. The molecule has 0 fully saturated rings. The Balaban J connectivity index is 1.63. The molecular formula is C22H25N3O3. The lowest BCUT2D eigenvalue weighted by molar-refractivity contribution is 0.0939. The van der Waals surface area contributed by atoms with E-state index in [1.165, 1.54) is 0 Å². The first kappa shape index (κ1) is 19.5. The zero-order valence-electron chi connectivity index (χ0n) is 16.6. The first-order valence-electron chi connectivity index (χ1n) is 9.12. The van der Waals surface area contributed by atoms with Gasteiger partial charge in [-0.15, -0.1) is 0 Å². The predicted octanol–water partition coefficient (Wildman–Crippen LogP) is 3.81. The fourth-order valence-corrected chi connectivity index (χ4v) is 2.94. The second-order valence-electron chi connectivity index (χ2n) is 6.71. The van der Waals surface area contributed by atoms with Crippen molar-refractivity contribution in [3.05, 3.63) is 77.4 Å². The van der Waals surface area contributed by atoms with Crippen molar-refractivity contribution in [3.63, 3.8) is 0 Å². The summed E-state index contributed by atoms with van der Waals surface area (Å²) in [7, 11) is 3.55. The number of nitrogens with one attached hydrogen (secondary N) is 1. The Morgan fingerprint density at radius 1 is 1.21 bits per heavy atom. The minimum atomic E-state index is -0.179. The van der Waals surface area contributed by atoms with Crippen LogP contribution in [0.5, 0.6) is 11.5 Å². The Labute approximate surface area is 165 Å². The van der Waals surface area contributed by atoms with Gasteiger partial charge >= 0.3 is 0 Å². The predicted molar refractivity (Wildman–Crippen MR) is 108 cm³/mol. The molecule has 0 spiro atoms. The molecule has 0 saturated carbocycles. The van der Waals surface area contributed by atoms with E-state index in [1.807, 2.05) is 49.9 Å². The molecule has 28 heavy (non-hydrogen) atoms. The van der Waals surface area contributed by atoms with E-state index in [0.717, 1.165) is 22.7 Å². The lowest BCUT2D eigenvalue weighted by Crippen LogP contribution is -2.27.